The van der Waals surface area contributed by atoms with Crippen LogP contribution in [0.3, 0.4) is 0 Å². The number of nitrogens with one attached hydrogen (secondary N) is 1. The average Bonchev–Trinajstić information content (AvgIpc) is 2.73. The van der Waals surface area contributed by atoms with E-state index < -0.39 is 0 Å². The zero-order chi connectivity index (χ0) is 14.4. The van der Waals surface area contributed by atoms with E-state index in [9.17, 15) is 9.59 Å². The maximum Gasteiger partial charge on any atom is 0.222 e. The summed E-state index contributed by atoms with van der Waals surface area (Å²) in [4.78, 5) is 29.4. The summed E-state index contributed by atoms with van der Waals surface area (Å²) in [6.07, 6.45) is 4.04. The molecule has 1 aromatic heterocycles. The minimum absolute atomic E-state index is 0.0615. The number of hydrogen-bond acceptors (Lipinski definition) is 5. The van der Waals surface area contributed by atoms with Gasteiger partial charge in [0.2, 0.25) is 11.8 Å². The smallest absolute Gasteiger partial charge is 0.222 e. The van der Waals surface area contributed by atoms with Gasteiger partial charge < -0.3 is 16.0 Å². The molecule has 110 valence electrons. The summed E-state index contributed by atoms with van der Waals surface area (Å²) in [5.41, 5.74) is 6.29. The van der Waals surface area contributed by atoms with Gasteiger partial charge in [-0.2, -0.15) is 0 Å². The summed E-state index contributed by atoms with van der Waals surface area (Å²) in [6, 6.07) is 0. The Labute approximate surface area is 122 Å². The van der Waals surface area contributed by atoms with Crippen molar-refractivity contribution in [1.29, 1.82) is 0 Å². The van der Waals surface area contributed by atoms with E-state index in [4.69, 9.17) is 5.73 Å². The molecule has 0 unspecified atom stereocenters. The number of likely N-dealkylation sites (tertiary alicyclic amines) is 1. The van der Waals surface area contributed by atoms with E-state index in [0.717, 1.165) is 31.5 Å². The molecule has 1 fully saturated rings. The van der Waals surface area contributed by atoms with Crippen LogP contribution in [0.15, 0.2) is 5.38 Å². The van der Waals surface area contributed by atoms with E-state index in [1.165, 1.54) is 11.3 Å². The van der Waals surface area contributed by atoms with Crippen LogP contribution in [0.5, 0.6) is 0 Å². The molecule has 0 radical (unpaired) electrons. The third-order valence-electron chi connectivity index (χ3n) is 3.32. The number of carbonyl (C=O) groups is 2. The Morgan fingerprint density at radius 3 is 3.05 bits per heavy atom. The number of anilines is 1. The van der Waals surface area contributed by atoms with Crippen molar-refractivity contribution in [2.24, 2.45) is 0 Å². The van der Waals surface area contributed by atoms with E-state index in [1.54, 1.807) is 4.90 Å². The van der Waals surface area contributed by atoms with Crippen LogP contribution in [0.4, 0.5) is 5.13 Å². The molecule has 2 amide bonds. The predicted molar refractivity (Wildman–Crippen MR) is 78.0 cm³/mol. The zero-order valence-electron chi connectivity index (χ0n) is 11.4. The molecular formula is C13H20N4O2S. The number of thiazole rings is 1. The minimum atomic E-state index is -0.0615. The number of carbonyl (C=O) groups excluding carboxylic acids is 2. The molecule has 1 aromatic rings. The van der Waals surface area contributed by atoms with Crippen molar-refractivity contribution in [3.05, 3.63) is 11.1 Å². The standard InChI is InChI=1S/C13H20N4O2S/c14-13-16-10(9-20-13)8-15-11(18)5-7-17-6-3-1-2-4-12(17)19/h9H,1-8H2,(H2,14,16)(H,15,18). The highest BCUT2D eigenvalue weighted by atomic mass is 32.1. The van der Waals surface area contributed by atoms with E-state index in [1.807, 2.05) is 5.38 Å². The van der Waals surface area contributed by atoms with Crippen molar-refractivity contribution >= 4 is 28.3 Å². The SMILES string of the molecule is Nc1nc(CNC(=O)CCN2CCCCCC2=O)cs1. The molecule has 0 atom stereocenters. The highest BCUT2D eigenvalue weighted by molar-refractivity contribution is 7.13. The second kappa shape index (κ2) is 7.23. The molecule has 0 spiro atoms. The van der Waals surface area contributed by atoms with Crippen molar-refractivity contribution in [3.63, 3.8) is 0 Å². The molecular weight excluding hydrogens is 276 g/mol. The van der Waals surface area contributed by atoms with Crippen LogP contribution in [0.25, 0.3) is 0 Å². The first-order chi connectivity index (χ1) is 9.65. The molecule has 1 saturated heterocycles. The largest absolute Gasteiger partial charge is 0.375 e. The number of amides is 2. The van der Waals surface area contributed by atoms with E-state index in [2.05, 4.69) is 10.3 Å². The fourth-order valence-corrected chi connectivity index (χ4v) is 2.76. The van der Waals surface area contributed by atoms with Gasteiger partial charge in [0.15, 0.2) is 5.13 Å². The summed E-state index contributed by atoms with van der Waals surface area (Å²) in [5.74, 6) is 0.108. The van der Waals surface area contributed by atoms with Crippen molar-refractivity contribution in [3.8, 4) is 0 Å². The normalized spacial score (nSPS) is 16.0. The molecule has 1 aliphatic heterocycles. The summed E-state index contributed by atoms with van der Waals surface area (Å²) < 4.78 is 0. The fourth-order valence-electron chi connectivity index (χ4n) is 2.19. The minimum Gasteiger partial charge on any atom is -0.375 e. The number of nitrogens with two attached hydrogens (primary N) is 1. The highest BCUT2D eigenvalue weighted by Crippen LogP contribution is 2.12. The quantitative estimate of drug-likeness (QED) is 0.852. The number of hydrogen-bond donors (Lipinski definition) is 2. The second-order valence-electron chi connectivity index (χ2n) is 4.90. The molecule has 6 nitrogen and oxygen atoms in total. The van der Waals surface area contributed by atoms with E-state index in [0.29, 0.717) is 31.1 Å². The number of nitrogens with zero attached hydrogens (tertiary/aromatic N) is 2. The molecule has 7 heteroatoms. The second-order valence-corrected chi connectivity index (χ2v) is 5.78. The number of aromatic nitrogens is 1. The van der Waals surface area contributed by atoms with Gasteiger partial charge in [0.1, 0.15) is 0 Å². The lowest BCUT2D eigenvalue weighted by Crippen LogP contribution is -2.34. The van der Waals surface area contributed by atoms with Gasteiger partial charge in [-0.05, 0) is 12.8 Å². The molecule has 1 aliphatic rings. The Balaban J connectivity index is 1.70. The summed E-state index contributed by atoms with van der Waals surface area (Å²) >= 11 is 1.36. The Hall–Kier alpha value is -1.63. The first-order valence-corrected chi connectivity index (χ1v) is 7.77. The lowest BCUT2D eigenvalue weighted by Gasteiger charge is -2.19. The highest BCUT2D eigenvalue weighted by Gasteiger charge is 2.17. The van der Waals surface area contributed by atoms with Crippen molar-refractivity contribution in [2.75, 3.05) is 18.8 Å². The molecule has 0 saturated carbocycles. The summed E-state index contributed by atoms with van der Waals surface area (Å²) in [7, 11) is 0. The summed E-state index contributed by atoms with van der Waals surface area (Å²) in [5, 5.41) is 5.13. The summed E-state index contributed by atoms with van der Waals surface area (Å²) in [6.45, 7) is 1.67. The molecule has 3 N–H and O–H groups in total. The van der Waals surface area contributed by atoms with Gasteiger partial charge in [0.05, 0.1) is 12.2 Å². The monoisotopic (exact) mass is 296 g/mol. The Morgan fingerprint density at radius 2 is 2.30 bits per heavy atom. The van der Waals surface area contributed by atoms with Gasteiger partial charge in [-0.25, -0.2) is 4.98 Å². The van der Waals surface area contributed by atoms with Crippen molar-refractivity contribution in [2.45, 2.75) is 38.6 Å². The van der Waals surface area contributed by atoms with Gasteiger partial charge in [-0.1, -0.05) is 6.42 Å². The van der Waals surface area contributed by atoms with Crippen LogP contribution in [0, 0.1) is 0 Å². The molecule has 0 aliphatic carbocycles. The Bertz CT molecular complexity index is 475. The molecule has 0 aromatic carbocycles. The van der Waals surface area contributed by atoms with Crippen molar-refractivity contribution in [1.82, 2.24) is 15.2 Å². The Morgan fingerprint density at radius 1 is 1.45 bits per heavy atom. The molecule has 2 rings (SSSR count). The van der Waals surface area contributed by atoms with E-state index >= 15 is 0 Å². The number of rotatable bonds is 5. The maximum absolute atomic E-state index is 11.8. The number of nitrogen functional groups attached to an aromatic ring is 1. The maximum atomic E-state index is 11.8. The van der Waals surface area contributed by atoms with Gasteiger partial charge in [-0.3, -0.25) is 9.59 Å². The van der Waals surface area contributed by atoms with Crippen LogP contribution >= 0.6 is 11.3 Å². The van der Waals surface area contributed by atoms with Gasteiger partial charge in [-0.15, -0.1) is 11.3 Å². The lowest BCUT2D eigenvalue weighted by molar-refractivity contribution is -0.131. The zero-order valence-corrected chi connectivity index (χ0v) is 12.2. The van der Waals surface area contributed by atoms with Crippen LogP contribution < -0.4 is 11.1 Å². The van der Waals surface area contributed by atoms with Crippen LogP contribution in [-0.2, 0) is 16.1 Å². The topological polar surface area (TPSA) is 88.3 Å². The van der Waals surface area contributed by atoms with Crippen molar-refractivity contribution < 1.29 is 9.59 Å². The van der Waals surface area contributed by atoms with Gasteiger partial charge >= 0.3 is 0 Å². The Kier molecular flexibility index (Phi) is 5.34. The third kappa shape index (κ3) is 4.48. The van der Waals surface area contributed by atoms with Crippen LogP contribution in [0.2, 0.25) is 0 Å². The molecule has 2 heterocycles. The van der Waals surface area contributed by atoms with Gasteiger partial charge in [0.25, 0.3) is 0 Å². The fraction of sp³-hybridized carbons (Fsp3) is 0.615. The first kappa shape index (κ1) is 14.8. The van der Waals surface area contributed by atoms with Crippen LogP contribution in [-0.4, -0.2) is 34.8 Å². The average molecular weight is 296 g/mol. The predicted octanol–water partition coefficient (Wildman–Crippen LogP) is 1.13. The van der Waals surface area contributed by atoms with Crippen LogP contribution in [0.1, 0.15) is 37.8 Å². The molecule has 0 bridgehead atoms. The molecule has 20 heavy (non-hydrogen) atoms. The lowest BCUT2D eigenvalue weighted by atomic mass is 10.2. The van der Waals surface area contributed by atoms with E-state index in [-0.39, 0.29) is 11.8 Å². The third-order valence-corrected chi connectivity index (χ3v) is 4.04. The van der Waals surface area contributed by atoms with Gasteiger partial charge in [0, 0.05) is 31.3 Å². The first-order valence-electron chi connectivity index (χ1n) is 6.89.